The second kappa shape index (κ2) is 13.0. The Bertz CT molecular complexity index is 1150. The van der Waals surface area contributed by atoms with Gasteiger partial charge in [0, 0.05) is 25.7 Å². The minimum absolute atomic E-state index is 0.0256. The number of hydrogen-bond acceptors (Lipinski definition) is 12. The number of hydrogen-bond donors (Lipinski definition) is 0. The van der Waals surface area contributed by atoms with Gasteiger partial charge in [-0.2, -0.15) is 0 Å². The Morgan fingerprint density at radius 2 is 0.632 bits per heavy atom. The van der Waals surface area contributed by atoms with E-state index in [9.17, 15) is 19.2 Å². The van der Waals surface area contributed by atoms with Crippen LogP contribution in [0.4, 0.5) is 0 Å². The first-order valence-electron chi connectivity index (χ1n) is 11.8. The van der Waals surface area contributed by atoms with E-state index >= 15 is 0 Å². The highest BCUT2D eigenvalue weighted by atomic mass is 17.2. The maximum atomic E-state index is 11.6. The zero-order chi connectivity index (χ0) is 27.7. The quantitative estimate of drug-likeness (QED) is 0.177. The summed E-state index contributed by atoms with van der Waals surface area (Å²) in [4.78, 5) is 86.0. The molecule has 0 aliphatic rings. The molecule has 12 nitrogen and oxygen atoms in total. The van der Waals surface area contributed by atoms with Crippen molar-refractivity contribution in [1.29, 1.82) is 0 Å². The van der Waals surface area contributed by atoms with Gasteiger partial charge < -0.3 is 0 Å². The monoisotopic (exact) mass is 530 g/mol. The molecule has 0 heterocycles. The summed E-state index contributed by atoms with van der Waals surface area (Å²) in [5, 5.41) is 2.43. The molecule has 3 aromatic rings. The molecule has 0 N–H and O–H groups in total. The molecule has 0 spiro atoms. The van der Waals surface area contributed by atoms with Gasteiger partial charge >= 0.3 is 23.9 Å². The molecular weight excluding hydrogens is 504 g/mol. The van der Waals surface area contributed by atoms with Crippen molar-refractivity contribution in [1.82, 2.24) is 0 Å². The van der Waals surface area contributed by atoms with Gasteiger partial charge in [0.1, 0.15) is 0 Å². The molecule has 0 aliphatic carbocycles. The van der Waals surface area contributed by atoms with Crippen LogP contribution in [0.5, 0.6) is 23.0 Å². The molecule has 3 aromatic carbocycles. The van der Waals surface area contributed by atoms with Gasteiger partial charge in [-0.05, 0) is 57.9 Å². The van der Waals surface area contributed by atoms with Gasteiger partial charge in [0.05, 0.1) is 0 Å². The minimum atomic E-state index is -0.625. The van der Waals surface area contributed by atoms with Gasteiger partial charge in [-0.25, -0.2) is 19.2 Å². The van der Waals surface area contributed by atoms with E-state index in [1.165, 1.54) is 24.3 Å². The Hall–Kier alpha value is -4.74. The van der Waals surface area contributed by atoms with Crippen LogP contribution in [0.15, 0.2) is 36.4 Å². The van der Waals surface area contributed by atoms with E-state index in [2.05, 4.69) is 0 Å². The molecule has 0 aromatic heterocycles. The van der Waals surface area contributed by atoms with Crippen LogP contribution in [0.1, 0.15) is 53.4 Å². The Kier molecular flexibility index (Phi) is 9.52. The number of carbonyl (C=O) groups is 4. The van der Waals surface area contributed by atoms with E-state index in [1.54, 1.807) is 39.8 Å². The lowest BCUT2D eigenvalue weighted by atomic mass is 10.0. The lowest BCUT2D eigenvalue weighted by Crippen LogP contribution is -2.10. The summed E-state index contributed by atoms with van der Waals surface area (Å²) in [6.45, 7) is 6.38. The van der Waals surface area contributed by atoms with E-state index in [1.807, 2.05) is 0 Å². The Morgan fingerprint density at radius 1 is 0.421 bits per heavy atom. The molecule has 12 heteroatoms. The molecule has 0 bridgehead atoms. The standard InChI is InChI=1S/C26H26O12/c1-5-23(27)35-31-19-11-15-9-17-13-21(33-37-25(29)7-3)22(34-38-26(30)8-4)14-18(17)10-16(15)12-20(19)32-36-24(28)6-2/h9-14H,5-8H2,1-4H3. The normalized spacial score (nSPS) is 10.4. The van der Waals surface area contributed by atoms with Gasteiger partial charge in [0.15, 0.2) is 0 Å². The largest absolute Gasteiger partial charge is 0.355 e. The highest BCUT2D eigenvalue weighted by molar-refractivity contribution is 6.00. The summed E-state index contributed by atoms with van der Waals surface area (Å²) in [5.74, 6) is -2.60. The number of fused-ring (bicyclic) bond motifs is 2. The van der Waals surface area contributed by atoms with Crippen LogP contribution in [0, 0.1) is 0 Å². The van der Waals surface area contributed by atoms with Crippen LogP contribution < -0.4 is 19.6 Å². The third-order valence-electron chi connectivity index (χ3n) is 4.97. The van der Waals surface area contributed by atoms with Crippen molar-refractivity contribution in [2.75, 3.05) is 0 Å². The molecule has 0 unspecified atom stereocenters. The first-order valence-corrected chi connectivity index (χ1v) is 11.8. The molecule has 0 amide bonds. The molecule has 0 saturated carbocycles. The highest BCUT2D eigenvalue weighted by Crippen LogP contribution is 2.38. The summed E-state index contributed by atoms with van der Waals surface area (Å²) in [6, 6.07) is 9.51. The van der Waals surface area contributed by atoms with Crippen molar-refractivity contribution >= 4 is 45.4 Å². The van der Waals surface area contributed by atoms with Crippen molar-refractivity contribution in [2.24, 2.45) is 0 Å². The van der Waals surface area contributed by atoms with E-state index < -0.39 is 23.9 Å². The molecule has 38 heavy (non-hydrogen) atoms. The van der Waals surface area contributed by atoms with E-state index in [0.29, 0.717) is 21.5 Å². The lowest BCUT2D eigenvalue weighted by molar-refractivity contribution is -0.225. The van der Waals surface area contributed by atoms with Gasteiger partial charge in [-0.1, -0.05) is 27.7 Å². The summed E-state index contributed by atoms with van der Waals surface area (Å²) >= 11 is 0. The van der Waals surface area contributed by atoms with Gasteiger partial charge in [-0.3, -0.25) is 39.1 Å². The van der Waals surface area contributed by atoms with E-state index in [0.717, 1.165) is 0 Å². The Balaban J connectivity index is 2.07. The predicted octanol–water partition coefficient (Wildman–Crippen LogP) is 4.98. The summed E-state index contributed by atoms with van der Waals surface area (Å²) in [5.41, 5.74) is 0. The zero-order valence-electron chi connectivity index (χ0n) is 21.2. The second-order valence-corrected chi connectivity index (χ2v) is 7.71. The highest BCUT2D eigenvalue weighted by Gasteiger charge is 2.18. The molecule has 0 radical (unpaired) electrons. The van der Waals surface area contributed by atoms with Crippen LogP contribution in [-0.4, -0.2) is 23.9 Å². The van der Waals surface area contributed by atoms with E-state index in [-0.39, 0.29) is 48.7 Å². The fraction of sp³-hybridized carbons (Fsp3) is 0.308. The lowest BCUT2D eigenvalue weighted by Gasteiger charge is -2.13. The van der Waals surface area contributed by atoms with Crippen LogP contribution in [0.25, 0.3) is 21.5 Å². The zero-order valence-corrected chi connectivity index (χ0v) is 21.2. The van der Waals surface area contributed by atoms with Gasteiger partial charge in [0.2, 0.25) is 23.0 Å². The second-order valence-electron chi connectivity index (χ2n) is 7.71. The van der Waals surface area contributed by atoms with Crippen molar-refractivity contribution in [3.63, 3.8) is 0 Å². The van der Waals surface area contributed by atoms with Crippen molar-refractivity contribution < 1.29 is 58.3 Å². The Labute approximate surface area is 216 Å². The Morgan fingerprint density at radius 3 is 0.816 bits per heavy atom. The third kappa shape index (κ3) is 7.15. The number of benzene rings is 3. The fourth-order valence-electron chi connectivity index (χ4n) is 2.88. The van der Waals surface area contributed by atoms with E-state index in [4.69, 9.17) is 39.1 Å². The maximum Gasteiger partial charge on any atom is 0.355 e. The average molecular weight is 530 g/mol. The summed E-state index contributed by atoms with van der Waals surface area (Å²) < 4.78 is 0. The first-order chi connectivity index (χ1) is 18.3. The van der Waals surface area contributed by atoms with Gasteiger partial charge in [0.25, 0.3) is 0 Å². The van der Waals surface area contributed by atoms with Crippen LogP contribution in [-0.2, 0) is 38.7 Å². The molecule has 0 atom stereocenters. The predicted molar refractivity (Wildman–Crippen MR) is 129 cm³/mol. The number of rotatable bonds is 12. The molecule has 202 valence electrons. The number of carbonyl (C=O) groups excluding carboxylic acids is 4. The maximum absolute atomic E-state index is 11.6. The van der Waals surface area contributed by atoms with Crippen LogP contribution >= 0.6 is 0 Å². The molecular formula is C26H26O12. The first kappa shape index (κ1) is 27.8. The van der Waals surface area contributed by atoms with Crippen LogP contribution in [0.2, 0.25) is 0 Å². The van der Waals surface area contributed by atoms with Crippen molar-refractivity contribution in [3.05, 3.63) is 36.4 Å². The molecule has 0 fully saturated rings. The fourth-order valence-corrected chi connectivity index (χ4v) is 2.88. The van der Waals surface area contributed by atoms with Gasteiger partial charge in [-0.15, -0.1) is 0 Å². The molecule has 0 aliphatic heterocycles. The van der Waals surface area contributed by atoms with Crippen LogP contribution in [0.3, 0.4) is 0 Å². The third-order valence-corrected chi connectivity index (χ3v) is 4.97. The minimum Gasteiger partial charge on any atom is -0.283 e. The average Bonchev–Trinajstić information content (AvgIpc) is 2.94. The summed E-state index contributed by atoms with van der Waals surface area (Å²) in [7, 11) is 0. The summed E-state index contributed by atoms with van der Waals surface area (Å²) in [6.07, 6.45) is 0.288. The van der Waals surface area contributed by atoms with Crippen molar-refractivity contribution in [3.8, 4) is 23.0 Å². The topological polar surface area (TPSA) is 142 Å². The smallest absolute Gasteiger partial charge is 0.283 e. The molecule has 0 saturated heterocycles. The van der Waals surface area contributed by atoms with Crippen molar-refractivity contribution in [2.45, 2.75) is 53.4 Å². The molecule has 3 rings (SSSR count). The SMILES string of the molecule is CCC(=O)OOc1cc2cc3cc(OOC(=O)CC)c(OOC(=O)CC)cc3cc2cc1OOC(=O)CC.